The molecule has 0 aromatic rings. The quantitative estimate of drug-likeness (QED) is 0.476. The molecule has 0 aromatic heterocycles. The molecule has 0 aliphatic rings. The van der Waals surface area contributed by atoms with Crippen molar-refractivity contribution >= 4 is 5.97 Å². The van der Waals surface area contributed by atoms with Crippen LogP contribution in [-0.2, 0) is 9.53 Å². The Kier molecular flexibility index (Phi) is 3.64. The summed E-state index contributed by atoms with van der Waals surface area (Å²) in [6.45, 7) is 3.02. The van der Waals surface area contributed by atoms with E-state index in [0.29, 0.717) is 0 Å². The number of hydrogen-bond acceptors (Lipinski definition) is 2. The third kappa shape index (κ3) is 6.89. The van der Waals surface area contributed by atoms with Crippen molar-refractivity contribution in [2.45, 2.75) is 19.0 Å². The summed E-state index contributed by atoms with van der Waals surface area (Å²) in [5.74, 6) is -0.919. The van der Waals surface area contributed by atoms with Gasteiger partial charge in [-0.3, -0.25) is 4.79 Å². The minimum absolute atomic E-state index is 0.657. The van der Waals surface area contributed by atoms with Gasteiger partial charge in [-0.2, -0.15) is 13.2 Å². The van der Waals surface area contributed by atoms with Crippen LogP contribution in [0.1, 0.15) is 12.8 Å². The second-order valence-corrected chi connectivity index (χ2v) is 1.77. The number of hydrogen-bond donors (Lipinski definition) is 0. The molecule has 0 unspecified atom stereocenters. The predicted octanol–water partition coefficient (Wildman–Crippen LogP) is 2.02. The Labute approximate surface area is 61.6 Å². The first kappa shape index (κ1) is 10.0. The van der Waals surface area contributed by atoms with E-state index in [-0.39, 0.29) is 0 Å². The minimum atomic E-state index is -4.31. The van der Waals surface area contributed by atoms with Crippen LogP contribution in [0.25, 0.3) is 0 Å². The van der Waals surface area contributed by atoms with Gasteiger partial charge in [0.05, 0.1) is 19.1 Å². The normalized spacial score (nSPS) is 10.8. The topological polar surface area (TPSA) is 26.3 Å². The molecule has 0 radical (unpaired) electrons. The number of ether oxygens (including phenoxy) is 1. The molecular formula is C6H7F3O2. The van der Waals surface area contributed by atoms with E-state index < -0.39 is 25.0 Å². The molecular weight excluding hydrogens is 161 g/mol. The average Bonchev–Trinajstić information content (AvgIpc) is 1.83. The summed E-state index contributed by atoms with van der Waals surface area (Å²) in [5.41, 5.74) is 0. The minimum Gasteiger partial charge on any atom is -0.435 e. The van der Waals surface area contributed by atoms with E-state index in [0.717, 1.165) is 6.26 Å². The molecule has 0 saturated heterocycles. The number of halogens is 3. The number of esters is 1. The molecule has 0 rings (SSSR count). The third-order valence-electron chi connectivity index (χ3n) is 0.827. The Balaban J connectivity index is 3.54. The van der Waals surface area contributed by atoms with Crippen LogP contribution in [0.15, 0.2) is 12.8 Å². The number of carbonyl (C=O) groups excluding carboxylic acids is 1. The number of carbonyl (C=O) groups is 1. The van der Waals surface area contributed by atoms with Crippen LogP contribution < -0.4 is 0 Å². The van der Waals surface area contributed by atoms with Crippen LogP contribution in [-0.4, -0.2) is 12.1 Å². The lowest BCUT2D eigenvalue weighted by Crippen LogP contribution is -2.11. The highest BCUT2D eigenvalue weighted by atomic mass is 19.4. The summed E-state index contributed by atoms with van der Waals surface area (Å²) >= 11 is 0. The molecule has 0 aromatic carbocycles. The van der Waals surface area contributed by atoms with Crippen LogP contribution in [0.2, 0.25) is 0 Å². The van der Waals surface area contributed by atoms with Gasteiger partial charge in [0.2, 0.25) is 0 Å². The Morgan fingerprint density at radius 1 is 1.55 bits per heavy atom. The average molecular weight is 168 g/mol. The van der Waals surface area contributed by atoms with Gasteiger partial charge in [-0.05, 0) is 0 Å². The Morgan fingerprint density at radius 2 is 2.09 bits per heavy atom. The molecule has 0 amide bonds. The second kappa shape index (κ2) is 4.00. The highest BCUT2D eigenvalue weighted by Crippen LogP contribution is 2.21. The van der Waals surface area contributed by atoms with Crippen molar-refractivity contribution in [3.05, 3.63) is 12.8 Å². The van der Waals surface area contributed by atoms with E-state index in [4.69, 9.17) is 0 Å². The maximum Gasteiger partial charge on any atom is 0.389 e. The summed E-state index contributed by atoms with van der Waals surface area (Å²) in [6, 6.07) is 0. The Hall–Kier alpha value is -1.00. The van der Waals surface area contributed by atoms with Gasteiger partial charge in [0, 0.05) is 0 Å². The summed E-state index contributed by atoms with van der Waals surface area (Å²) in [6.07, 6.45) is -5.31. The van der Waals surface area contributed by atoms with Crippen molar-refractivity contribution in [2.24, 2.45) is 0 Å². The molecule has 0 fully saturated rings. The molecule has 0 spiro atoms. The fraction of sp³-hybridized carbons (Fsp3) is 0.500. The molecule has 0 bridgehead atoms. The van der Waals surface area contributed by atoms with Crippen LogP contribution in [0.4, 0.5) is 13.2 Å². The lowest BCUT2D eigenvalue weighted by atomic mass is 10.3. The predicted molar refractivity (Wildman–Crippen MR) is 31.6 cm³/mol. The van der Waals surface area contributed by atoms with E-state index in [1.54, 1.807) is 0 Å². The number of rotatable bonds is 3. The van der Waals surface area contributed by atoms with Crippen LogP contribution >= 0.6 is 0 Å². The second-order valence-electron chi connectivity index (χ2n) is 1.77. The summed E-state index contributed by atoms with van der Waals surface area (Å²) in [5, 5.41) is 0. The molecule has 0 atom stereocenters. The van der Waals surface area contributed by atoms with Gasteiger partial charge in [-0.1, -0.05) is 6.58 Å². The van der Waals surface area contributed by atoms with Crippen molar-refractivity contribution in [1.29, 1.82) is 0 Å². The summed E-state index contributed by atoms with van der Waals surface area (Å²) < 4.78 is 38.3. The Bertz CT molecular complexity index is 150. The zero-order valence-electron chi connectivity index (χ0n) is 5.65. The molecule has 0 N–H and O–H groups in total. The standard InChI is InChI=1S/C6H7F3O2/c1-2-11-5(10)3-4-6(7,8)9/h2H,1,3-4H2. The highest BCUT2D eigenvalue weighted by Gasteiger charge is 2.28. The molecule has 2 nitrogen and oxygen atoms in total. The Morgan fingerprint density at radius 3 is 2.45 bits per heavy atom. The lowest BCUT2D eigenvalue weighted by molar-refractivity contribution is -0.153. The van der Waals surface area contributed by atoms with Crippen molar-refractivity contribution in [2.75, 3.05) is 0 Å². The van der Waals surface area contributed by atoms with E-state index in [2.05, 4.69) is 11.3 Å². The summed E-state index contributed by atoms with van der Waals surface area (Å²) in [7, 11) is 0. The van der Waals surface area contributed by atoms with Crippen LogP contribution in [0.5, 0.6) is 0 Å². The fourth-order valence-corrected chi connectivity index (χ4v) is 0.396. The largest absolute Gasteiger partial charge is 0.435 e. The van der Waals surface area contributed by atoms with Gasteiger partial charge < -0.3 is 4.74 Å². The molecule has 0 aliphatic heterocycles. The molecule has 64 valence electrons. The number of alkyl halides is 3. The SMILES string of the molecule is C=COC(=O)CCC(F)(F)F. The van der Waals surface area contributed by atoms with Crippen molar-refractivity contribution < 1.29 is 22.7 Å². The monoisotopic (exact) mass is 168 g/mol. The van der Waals surface area contributed by atoms with Gasteiger partial charge in [-0.25, -0.2) is 0 Å². The molecule has 0 saturated carbocycles. The lowest BCUT2D eigenvalue weighted by Gasteiger charge is -2.03. The zero-order valence-corrected chi connectivity index (χ0v) is 5.65. The van der Waals surface area contributed by atoms with E-state index >= 15 is 0 Å². The van der Waals surface area contributed by atoms with Gasteiger partial charge in [0.25, 0.3) is 0 Å². The van der Waals surface area contributed by atoms with Gasteiger partial charge >= 0.3 is 12.1 Å². The summed E-state index contributed by atoms with van der Waals surface area (Å²) in [4.78, 5) is 10.3. The third-order valence-corrected chi connectivity index (χ3v) is 0.827. The van der Waals surface area contributed by atoms with Crippen molar-refractivity contribution in [1.82, 2.24) is 0 Å². The van der Waals surface area contributed by atoms with Gasteiger partial charge in [0.15, 0.2) is 0 Å². The first-order chi connectivity index (χ1) is 4.95. The van der Waals surface area contributed by atoms with E-state index in [9.17, 15) is 18.0 Å². The van der Waals surface area contributed by atoms with Crippen molar-refractivity contribution in [3.8, 4) is 0 Å². The first-order valence-corrected chi connectivity index (χ1v) is 2.83. The highest BCUT2D eigenvalue weighted by molar-refractivity contribution is 5.69. The van der Waals surface area contributed by atoms with E-state index in [1.165, 1.54) is 0 Å². The van der Waals surface area contributed by atoms with Crippen LogP contribution in [0, 0.1) is 0 Å². The maximum atomic E-state index is 11.4. The maximum absolute atomic E-state index is 11.4. The van der Waals surface area contributed by atoms with Crippen LogP contribution in [0.3, 0.4) is 0 Å². The van der Waals surface area contributed by atoms with E-state index in [1.807, 2.05) is 0 Å². The molecule has 11 heavy (non-hydrogen) atoms. The molecule has 5 heteroatoms. The van der Waals surface area contributed by atoms with Crippen molar-refractivity contribution in [3.63, 3.8) is 0 Å². The zero-order chi connectivity index (χ0) is 8.91. The van der Waals surface area contributed by atoms with Gasteiger partial charge in [-0.15, -0.1) is 0 Å². The molecule has 0 aliphatic carbocycles. The molecule has 0 heterocycles. The van der Waals surface area contributed by atoms with Gasteiger partial charge in [0.1, 0.15) is 0 Å². The smallest absolute Gasteiger partial charge is 0.389 e. The first-order valence-electron chi connectivity index (χ1n) is 2.83. The fourth-order valence-electron chi connectivity index (χ4n) is 0.396.